The second-order valence-electron chi connectivity index (χ2n) is 18.1. The van der Waals surface area contributed by atoms with Gasteiger partial charge < -0.3 is 14.2 Å². The first-order valence-corrected chi connectivity index (χ1v) is 27.9. The van der Waals surface area contributed by atoms with Crippen molar-refractivity contribution in [3.8, 4) is 0 Å². The van der Waals surface area contributed by atoms with Crippen LogP contribution in [0.3, 0.4) is 0 Å². The highest BCUT2D eigenvalue weighted by Gasteiger charge is 2.19. The molecular formula is C62H102O6. The van der Waals surface area contributed by atoms with Crippen LogP contribution in [0.25, 0.3) is 0 Å². The molecule has 1 atom stereocenters. The average Bonchev–Trinajstić information content (AvgIpc) is 3.34. The molecule has 6 heteroatoms. The zero-order valence-corrected chi connectivity index (χ0v) is 44.1. The maximum atomic E-state index is 12.8. The van der Waals surface area contributed by atoms with Gasteiger partial charge in [0, 0.05) is 19.3 Å². The van der Waals surface area contributed by atoms with E-state index in [-0.39, 0.29) is 31.1 Å². The fraction of sp³-hybridized carbons (Fsp3) is 0.661. The number of hydrogen-bond acceptors (Lipinski definition) is 6. The lowest BCUT2D eigenvalue weighted by atomic mass is 10.1. The Labute approximate surface area is 419 Å². The van der Waals surface area contributed by atoms with Crippen LogP contribution in [0.2, 0.25) is 0 Å². The van der Waals surface area contributed by atoms with Gasteiger partial charge in [-0.1, -0.05) is 226 Å². The Morgan fingerprint density at radius 3 is 0.926 bits per heavy atom. The Kier molecular flexibility index (Phi) is 52.4. The maximum Gasteiger partial charge on any atom is 0.306 e. The van der Waals surface area contributed by atoms with Crippen molar-refractivity contribution in [2.24, 2.45) is 0 Å². The van der Waals surface area contributed by atoms with Gasteiger partial charge in [-0.3, -0.25) is 14.4 Å². The molecule has 0 aliphatic rings. The van der Waals surface area contributed by atoms with Gasteiger partial charge in [0.15, 0.2) is 6.10 Å². The van der Waals surface area contributed by atoms with E-state index in [4.69, 9.17) is 14.2 Å². The Morgan fingerprint density at radius 2 is 0.574 bits per heavy atom. The maximum absolute atomic E-state index is 12.8. The van der Waals surface area contributed by atoms with E-state index in [1.54, 1.807) is 0 Å². The van der Waals surface area contributed by atoms with Crippen molar-refractivity contribution in [3.63, 3.8) is 0 Å². The van der Waals surface area contributed by atoms with E-state index in [0.717, 1.165) is 135 Å². The van der Waals surface area contributed by atoms with Gasteiger partial charge in [0.05, 0.1) is 0 Å². The SMILES string of the molecule is CC/C=C\C/C=C\C/C=C\C/C=C\C/C=C\C/C=C\CCCCCCCCC(=O)OCC(COC(=O)CCCCCCCC)OC(=O)CCCCCCCC/C=C\C/C=C\C/C=C\CCCCC. The first kappa shape index (κ1) is 64.1. The van der Waals surface area contributed by atoms with Crippen molar-refractivity contribution in [1.82, 2.24) is 0 Å². The summed E-state index contributed by atoms with van der Waals surface area (Å²) in [6.07, 6.45) is 75.3. The van der Waals surface area contributed by atoms with Gasteiger partial charge in [-0.25, -0.2) is 0 Å². The first-order chi connectivity index (χ1) is 33.5. The van der Waals surface area contributed by atoms with Crippen LogP contribution in [-0.2, 0) is 28.6 Å². The third-order valence-corrected chi connectivity index (χ3v) is 11.5. The van der Waals surface area contributed by atoms with Gasteiger partial charge >= 0.3 is 17.9 Å². The van der Waals surface area contributed by atoms with E-state index < -0.39 is 6.10 Å². The Bertz CT molecular complexity index is 1410. The fourth-order valence-electron chi connectivity index (χ4n) is 7.33. The number of allylic oxidation sites excluding steroid dienone is 18. The van der Waals surface area contributed by atoms with Crippen molar-refractivity contribution >= 4 is 17.9 Å². The quantitative estimate of drug-likeness (QED) is 0.0262. The molecule has 0 saturated heterocycles. The van der Waals surface area contributed by atoms with Crippen LogP contribution in [-0.4, -0.2) is 37.2 Å². The summed E-state index contributed by atoms with van der Waals surface area (Å²) in [6, 6.07) is 0. The second kappa shape index (κ2) is 55.7. The monoisotopic (exact) mass is 943 g/mol. The molecule has 0 spiro atoms. The molecule has 386 valence electrons. The largest absolute Gasteiger partial charge is 0.462 e. The van der Waals surface area contributed by atoms with E-state index in [9.17, 15) is 14.4 Å². The van der Waals surface area contributed by atoms with Gasteiger partial charge in [0.2, 0.25) is 0 Å². The molecule has 0 saturated carbocycles. The molecule has 0 aromatic heterocycles. The number of ether oxygens (including phenoxy) is 3. The summed E-state index contributed by atoms with van der Waals surface area (Å²) in [5.41, 5.74) is 0. The Balaban J connectivity index is 4.24. The van der Waals surface area contributed by atoms with Gasteiger partial charge in [0.25, 0.3) is 0 Å². The smallest absolute Gasteiger partial charge is 0.306 e. The van der Waals surface area contributed by atoms with Crippen LogP contribution < -0.4 is 0 Å². The van der Waals surface area contributed by atoms with Crippen LogP contribution >= 0.6 is 0 Å². The minimum Gasteiger partial charge on any atom is -0.462 e. The summed E-state index contributed by atoms with van der Waals surface area (Å²) >= 11 is 0. The summed E-state index contributed by atoms with van der Waals surface area (Å²) in [5.74, 6) is -0.930. The lowest BCUT2D eigenvalue weighted by Gasteiger charge is -2.18. The van der Waals surface area contributed by atoms with Gasteiger partial charge in [0.1, 0.15) is 13.2 Å². The highest BCUT2D eigenvalue weighted by atomic mass is 16.6. The molecule has 0 aromatic carbocycles. The summed E-state index contributed by atoms with van der Waals surface area (Å²) in [6.45, 7) is 6.41. The molecule has 68 heavy (non-hydrogen) atoms. The zero-order chi connectivity index (χ0) is 49.3. The highest BCUT2D eigenvalue weighted by molar-refractivity contribution is 5.71. The van der Waals surface area contributed by atoms with E-state index in [0.29, 0.717) is 19.3 Å². The molecular weight excluding hydrogens is 841 g/mol. The number of esters is 3. The normalized spacial score (nSPS) is 12.9. The average molecular weight is 943 g/mol. The second-order valence-corrected chi connectivity index (χ2v) is 18.1. The lowest BCUT2D eigenvalue weighted by Crippen LogP contribution is -2.30. The summed E-state index contributed by atoms with van der Waals surface area (Å²) in [7, 11) is 0. The topological polar surface area (TPSA) is 78.9 Å². The molecule has 1 unspecified atom stereocenters. The number of rotatable bonds is 49. The third-order valence-electron chi connectivity index (χ3n) is 11.5. The third kappa shape index (κ3) is 53.0. The molecule has 0 radical (unpaired) electrons. The van der Waals surface area contributed by atoms with Gasteiger partial charge in [-0.2, -0.15) is 0 Å². The van der Waals surface area contributed by atoms with E-state index in [1.807, 2.05) is 0 Å². The molecule has 0 fully saturated rings. The molecule has 0 heterocycles. The first-order valence-electron chi connectivity index (χ1n) is 27.9. The van der Waals surface area contributed by atoms with Crippen LogP contribution in [0.1, 0.15) is 245 Å². The highest BCUT2D eigenvalue weighted by Crippen LogP contribution is 2.14. The van der Waals surface area contributed by atoms with Crippen LogP contribution in [0.15, 0.2) is 109 Å². The molecule has 0 bridgehead atoms. The minimum absolute atomic E-state index is 0.0898. The number of unbranched alkanes of at least 4 members (excludes halogenated alkanes) is 20. The van der Waals surface area contributed by atoms with Crippen molar-refractivity contribution in [1.29, 1.82) is 0 Å². The molecule has 6 nitrogen and oxygen atoms in total. The summed E-state index contributed by atoms with van der Waals surface area (Å²) in [4.78, 5) is 37.9. The zero-order valence-electron chi connectivity index (χ0n) is 44.1. The number of carbonyl (C=O) groups is 3. The molecule has 0 aliphatic heterocycles. The minimum atomic E-state index is -0.790. The van der Waals surface area contributed by atoms with E-state index in [2.05, 4.69) is 130 Å². The standard InChI is InChI=1S/C62H102O6/c1-4-7-10-13-16-18-20-22-24-26-28-29-30-31-32-33-35-36-38-40-42-44-46-49-52-55-61(64)67-58-59(57-66-60(63)54-51-48-15-12-9-6-3)68-62(65)56-53-50-47-45-43-41-39-37-34-27-25-23-21-19-17-14-11-8-5-2/h7,10,16-19,22-25,28-29,31-32,34-37,59H,4-6,8-9,11-15,20-21,26-27,30,33,38-58H2,1-3H3/b10-7-,18-16-,19-17-,24-22-,25-23-,29-28-,32-31-,36-35-,37-34-. The van der Waals surface area contributed by atoms with Crippen LogP contribution in [0, 0.1) is 0 Å². The van der Waals surface area contributed by atoms with Gasteiger partial charge in [-0.15, -0.1) is 0 Å². The molecule has 0 amide bonds. The van der Waals surface area contributed by atoms with Crippen LogP contribution in [0.5, 0.6) is 0 Å². The van der Waals surface area contributed by atoms with Gasteiger partial charge in [-0.05, 0) is 109 Å². The van der Waals surface area contributed by atoms with E-state index >= 15 is 0 Å². The Hall–Kier alpha value is -3.93. The van der Waals surface area contributed by atoms with Crippen molar-refractivity contribution < 1.29 is 28.6 Å². The van der Waals surface area contributed by atoms with Crippen molar-refractivity contribution in [3.05, 3.63) is 109 Å². The molecule has 0 aliphatic carbocycles. The van der Waals surface area contributed by atoms with E-state index in [1.165, 1.54) is 70.6 Å². The van der Waals surface area contributed by atoms with Crippen molar-refractivity contribution in [2.75, 3.05) is 13.2 Å². The Morgan fingerprint density at radius 1 is 0.309 bits per heavy atom. The summed E-state index contributed by atoms with van der Waals surface area (Å²) < 4.78 is 16.7. The van der Waals surface area contributed by atoms with Crippen molar-refractivity contribution in [2.45, 2.75) is 252 Å². The lowest BCUT2D eigenvalue weighted by molar-refractivity contribution is -0.167. The predicted octanol–water partition coefficient (Wildman–Crippen LogP) is 18.7. The predicted molar refractivity (Wildman–Crippen MR) is 293 cm³/mol. The molecule has 0 rings (SSSR count). The number of carbonyl (C=O) groups excluding carboxylic acids is 3. The fourth-order valence-corrected chi connectivity index (χ4v) is 7.33. The molecule has 0 aromatic rings. The summed E-state index contributed by atoms with van der Waals surface area (Å²) in [5, 5.41) is 0. The van der Waals surface area contributed by atoms with Crippen LogP contribution in [0.4, 0.5) is 0 Å². The number of hydrogen-bond donors (Lipinski definition) is 0. The molecule has 0 N–H and O–H groups in total.